The van der Waals surface area contributed by atoms with E-state index in [-0.39, 0.29) is 12.6 Å². The van der Waals surface area contributed by atoms with E-state index in [4.69, 9.17) is 0 Å². The van der Waals surface area contributed by atoms with Crippen LogP contribution in [-0.2, 0) is 6.54 Å². The third kappa shape index (κ3) is 4.91. The number of amides is 2. The van der Waals surface area contributed by atoms with E-state index in [0.29, 0.717) is 5.75 Å². The van der Waals surface area contributed by atoms with Crippen LogP contribution in [0.2, 0.25) is 0 Å². The van der Waals surface area contributed by atoms with Crippen molar-refractivity contribution < 1.29 is 9.90 Å². The lowest BCUT2D eigenvalue weighted by Crippen LogP contribution is -2.43. The molecule has 1 atom stereocenters. The molecule has 0 radical (unpaired) electrons. The molecule has 23 heavy (non-hydrogen) atoms. The molecule has 1 heterocycles. The molecule has 2 amide bonds. The van der Waals surface area contributed by atoms with Crippen LogP contribution in [0.5, 0.6) is 0 Å². The van der Waals surface area contributed by atoms with Crippen LogP contribution in [-0.4, -0.2) is 39.9 Å². The minimum Gasteiger partial charge on any atom is -0.387 e. The summed E-state index contributed by atoms with van der Waals surface area (Å²) in [5.41, 5.74) is 0.950. The van der Waals surface area contributed by atoms with Crippen LogP contribution in [0.4, 0.5) is 10.5 Å². The Morgan fingerprint density at radius 3 is 2.87 bits per heavy atom. The summed E-state index contributed by atoms with van der Waals surface area (Å²) >= 11 is 1.55. The van der Waals surface area contributed by atoms with Gasteiger partial charge < -0.3 is 20.3 Å². The van der Waals surface area contributed by atoms with Gasteiger partial charge in [0.1, 0.15) is 0 Å². The third-order valence-electron chi connectivity index (χ3n) is 3.58. The number of carbonyl (C=O) groups excluding carboxylic acids is 1. The zero-order valence-corrected chi connectivity index (χ0v) is 14.7. The molecule has 2 rings (SSSR count). The number of aromatic nitrogens is 1. The van der Waals surface area contributed by atoms with Crippen LogP contribution in [0.3, 0.4) is 0 Å². The minimum absolute atomic E-state index is 0.216. The van der Waals surface area contributed by atoms with E-state index in [9.17, 15) is 9.90 Å². The first-order chi connectivity index (χ1) is 10.9. The number of nitrogens with one attached hydrogen (secondary N) is 2. The number of thioether (sulfide) groups is 1. The number of fused-ring (bicyclic) bond motifs is 1. The number of benzene rings is 1. The highest BCUT2D eigenvalue weighted by Crippen LogP contribution is 2.21. The summed E-state index contributed by atoms with van der Waals surface area (Å²) < 4.78 is 2.18. The molecule has 0 spiro atoms. The molecular formula is C17H25N3O2S. The summed E-state index contributed by atoms with van der Waals surface area (Å²) in [6, 6.07) is 7.64. The Kier molecular flexibility index (Phi) is 5.96. The van der Waals surface area contributed by atoms with Crippen molar-refractivity contribution in [1.29, 1.82) is 0 Å². The van der Waals surface area contributed by atoms with Crippen molar-refractivity contribution in [2.75, 3.05) is 23.9 Å². The number of rotatable bonds is 7. The fraction of sp³-hybridized carbons (Fsp3) is 0.471. The first-order valence-electron chi connectivity index (χ1n) is 7.80. The molecule has 5 nitrogen and oxygen atoms in total. The van der Waals surface area contributed by atoms with Crippen LogP contribution in [0.15, 0.2) is 30.5 Å². The molecule has 1 aromatic heterocycles. The maximum Gasteiger partial charge on any atom is 0.319 e. The monoisotopic (exact) mass is 335 g/mol. The smallest absolute Gasteiger partial charge is 0.319 e. The molecule has 3 N–H and O–H groups in total. The van der Waals surface area contributed by atoms with E-state index in [1.807, 2.05) is 24.5 Å². The standard InChI is InChI=1S/C17H25N3O2S/c1-4-8-20-9-7-13-5-6-14(10-15(13)20)19-16(21)18-11-17(2,22)12-23-3/h5-7,9-10,22H,4,8,11-12H2,1-3H3,(H2,18,19,21). The van der Waals surface area contributed by atoms with E-state index in [0.717, 1.165) is 29.6 Å². The summed E-state index contributed by atoms with van der Waals surface area (Å²) in [5, 5.41) is 16.8. The minimum atomic E-state index is -0.906. The molecule has 1 aromatic carbocycles. The van der Waals surface area contributed by atoms with Crippen LogP contribution >= 0.6 is 11.8 Å². The third-order valence-corrected chi connectivity index (χ3v) is 4.49. The molecule has 0 aliphatic rings. The summed E-state index contributed by atoms with van der Waals surface area (Å²) in [6.07, 6.45) is 5.05. The molecule has 0 saturated carbocycles. The van der Waals surface area contributed by atoms with Crippen LogP contribution in [0.1, 0.15) is 20.3 Å². The van der Waals surface area contributed by atoms with Crippen molar-refractivity contribution in [3.05, 3.63) is 30.5 Å². The first kappa shape index (κ1) is 17.7. The number of anilines is 1. The highest BCUT2D eigenvalue weighted by atomic mass is 32.2. The molecule has 2 aromatic rings. The van der Waals surface area contributed by atoms with E-state index in [2.05, 4.69) is 34.4 Å². The molecule has 0 aliphatic carbocycles. The van der Waals surface area contributed by atoms with Crippen molar-refractivity contribution in [2.45, 2.75) is 32.4 Å². The number of hydrogen-bond donors (Lipinski definition) is 3. The van der Waals surface area contributed by atoms with Crippen molar-refractivity contribution in [2.24, 2.45) is 0 Å². The van der Waals surface area contributed by atoms with Crippen molar-refractivity contribution in [3.63, 3.8) is 0 Å². The van der Waals surface area contributed by atoms with Gasteiger partial charge in [0, 0.05) is 30.7 Å². The quantitative estimate of drug-likeness (QED) is 0.727. The Bertz CT molecular complexity index is 667. The predicted octanol–water partition coefficient (Wildman–Crippen LogP) is 3.29. The summed E-state index contributed by atoms with van der Waals surface area (Å²) in [7, 11) is 0. The Morgan fingerprint density at radius 1 is 1.39 bits per heavy atom. The molecule has 0 aliphatic heterocycles. The largest absolute Gasteiger partial charge is 0.387 e. The zero-order valence-electron chi connectivity index (χ0n) is 13.9. The predicted molar refractivity (Wildman–Crippen MR) is 98.3 cm³/mol. The SMILES string of the molecule is CCCn1ccc2ccc(NC(=O)NCC(C)(O)CSC)cc21. The molecular weight excluding hydrogens is 310 g/mol. The Hall–Kier alpha value is -1.66. The summed E-state index contributed by atoms with van der Waals surface area (Å²) in [5.74, 6) is 0.573. The lowest BCUT2D eigenvalue weighted by molar-refractivity contribution is 0.0876. The highest BCUT2D eigenvalue weighted by molar-refractivity contribution is 7.98. The lowest BCUT2D eigenvalue weighted by Gasteiger charge is -2.22. The van der Waals surface area contributed by atoms with Gasteiger partial charge in [-0.25, -0.2) is 4.79 Å². The van der Waals surface area contributed by atoms with Crippen LogP contribution in [0, 0.1) is 0 Å². The summed E-state index contributed by atoms with van der Waals surface area (Å²) in [6.45, 7) is 5.03. The van der Waals surface area contributed by atoms with Gasteiger partial charge in [0.15, 0.2) is 0 Å². The zero-order chi connectivity index (χ0) is 16.9. The Balaban J connectivity index is 2.00. The molecule has 0 bridgehead atoms. The molecule has 0 saturated heterocycles. The van der Waals surface area contributed by atoms with Crippen molar-refractivity contribution >= 4 is 34.4 Å². The van der Waals surface area contributed by atoms with Gasteiger partial charge in [-0.1, -0.05) is 13.0 Å². The van der Waals surface area contributed by atoms with Crippen molar-refractivity contribution in [1.82, 2.24) is 9.88 Å². The van der Waals surface area contributed by atoms with E-state index < -0.39 is 5.60 Å². The van der Waals surface area contributed by atoms with Gasteiger partial charge in [-0.05, 0) is 43.2 Å². The molecule has 0 fully saturated rings. The topological polar surface area (TPSA) is 66.3 Å². The maximum absolute atomic E-state index is 12.0. The molecule has 126 valence electrons. The van der Waals surface area contributed by atoms with Crippen molar-refractivity contribution in [3.8, 4) is 0 Å². The van der Waals surface area contributed by atoms with Gasteiger partial charge in [0.2, 0.25) is 0 Å². The fourth-order valence-electron chi connectivity index (χ4n) is 2.51. The van der Waals surface area contributed by atoms with Crippen LogP contribution in [0.25, 0.3) is 10.9 Å². The van der Waals surface area contributed by atoms with Gasteiger partial charge in [0.05, 0.1) is 11.1 Å². The van der Waals surface area contributed by atoms with E-state index in [1.165, 1.54) is 0 Å². The lowest BCUT2D eigenvalue weighted by atomic mass is 10.1. The maximum atomic E-state index is 12.0. The number of aryl methyl sites for hydroxylation is 1. The van der Waals surface area contributed by atoms with Gasteiger partial charge in [-0.2, -0.15) is 11.8 Å². The number of hydrogen-bond acceptors (Lipinski definition) is 3. The normalized spacial score (nSPS) is 13.7. The molecule has 1 unspecified atom stereocenters. The summed E-state index contributed by atoms with van der Waals surface area (Å²) in [4.78, 5) is 12.0. The Morgan fingerprint density at radius 2 is 2.17 bits per heavy atom. The second-order valence-corrected chi connectivity index (χ2v) is 6.89. The van der Waals surface area contributed by atoms with E-state index in [1.54, 1.807) is 18.7 Å². The van der Waals surface area contributed by atoms with Gasteiger partial charge >= 0.3 is 6.03 Å². The molecule has 6 heteroatoms. The second kappa shape index (κ2) is 7.75. The fourth-order valence-corrected chi connectivity index (χ4v) is 3.23. The number of nitrogens with zero attached hydrogens (tertiary/aromatic N) is 1. The van der Waals surface area contributed by atoms with Gasteiger partial charge in [-0.3, -0.25) is 0 Å². The van der Waals surface area contributed by atoms with E-state index >= 15 is 0 Å². The van der Waals surface area contributed by atoms with Gasteiger partial charge in [-0.15, -0.1) is 0 Å². The van der Waals surface area contributed by atoms with Gasteiger partial charge in [0.25, 0.3) is 0 Å². The number of urea groups is 1. The number of carbonyl (C=O) groups is 1. The Labute approximate surface area is 141 Å². The first-order valence-corrected chi connectivity index (χ1v) is 9.19. The second-order valence-electron chi connectivity index (χ2n) is 6.02. The average Bonchev–Trinajstić information content (AvgIpc) is 2.88. The van der Waals surface area contributed by atoms with Crippen LogP contribution < -0.4 is 10.6 Å². The average molecular weight is 335 g/mol. The number of aliphatic hydroxyl groups is 1. The highest BCUT2D eigenvalue weighted by Gasteiger charge is 2.20.